The van der Waals surface area contributed by atoms with Crippen molar-refractivity contribution in [3.63, 3.8) is 0 Å². The van der Waals surface area contributed by atoms with E-state index in [1.165, 1.54) is 11.3 Å². The van der Waals surface area contributed by atoms with Crippen molar-refractivity contribution >= 4 is 44.2 Å². The highest BCUT2D eigenvalue weighted by molar-refractivity contribution is 9.10. The number of likely N-dealkylation sites (tertiary alicyclic amines) is 1. The van der Waals surface area contributed by atoms with Gasteiger partial charge in [0.2, 0.25) is 11.8 Å². The molecule has 2 aromatic rings. The summed E-state index contributed by atoms with van der Waals surface area (Å²) < 4.78 is 6.84. The minimum atomic E-state index is -0.0815. The van der Waals surface area contributed by atoms with Crippen LogP contribution in [-0.4, -0.2) is 54.0 Å². The van der Waals surface area contributed by atoms with Crippen LogP contribution in [0, 0.1) is 5.92 Å². The SMILES string of the molecule is CC(=O)N1CCC(C(=O)N(C[C@@H]2CCCO2)c2nc(-c3ccc(Br)cc3)cs2)CC1. The van der Waals surface area contributed by atoms with Crippen LogP contribution >= 0.6 is 27.3 Å². The number of piperidine rings is 1. The molecular formula is C22H26BrN3O3S. The Hall–Kier alpha value is -1.77. The molecule has 160 valence electrons. The van der Waals surface area contributed by atoms with Crippen LogP contribution in [0.5, 0.6) is 0 Å². The number of nitrogens with zero attached hydrogens (tertiary/aromatic N) is 3. The number of thiazole rings is 1. The molecule has 1 atom stereocenters. The van der Waals surface area contributed by atoms with Crippen LogP contribution in [0.1, 0.15) is 32.6 Å². The molecule has 8 heteroatoms. The molecule has 2 amide bonds. The standard InChI is InChI=1S/C22H26BrN3O3S/c1-15(27)25-10-8-17(9-11-25)21(28)26(13-19-3-2-12-29-19)22-24-20(14-30-22)16-4-6-18(23)7-5-16/h4-7,14,17,19H,2-3,8-13H2,1H3/t19-/m0/s1. The molecule has 1 aromatic heterocycles. The first-order valence-electron chi connectivity index (χ1n) is 10.4. The van der Waals surface area contributed by atoms with Gasteiger partial charge in [0, 0.05) is 48.0 Å². The predicted octanol–water partition coefficient (Wildman–Crippen LogP) is 4.34. The molecule has 0 radical (unpaired) electrons. The van der Waals surface area contributed by atoms with Crippen molar-refractivity contribution in [3.05, 3.63) is 34.1 Å². The predicted molar refractivity (Wildman–Crippen MR) is 122 cm³/mol. The summed E-state index contributed by atoms with van der Waals surface area (Å²) >= 11 is 4.96. The lowest BCUT2D eigenvalue weighted by atomic mass is 9.95. The smallest absolute Gasteiger partial charge is 0.232 e. The third kappa shape index (κ3) is 4.92. The monoisotopic (exact) mass is 491 g/mol. The minimum absolute atomic E-state index is 0.0614. The highest BCUT2D eigenvalue weighted by Crippen LogP contribution is 2.31. The molecule has 1 aromatic carbocycles. The first-order chi connectivity index (χ1) is 14.5. The number of hydrogen-bond acceptors (Lipinski definition) is 5. The molecule has 0 unspecified atom stereocenters. The molecule has 2 aliphatic rings. The van der Waals surface area contributed by atoms with Crippen molar-refractivity contribution in [2.45, 2.75) is 38.7 Å². The van der Waals surface area contributed by atoms with Gasteiger partial charge < -0.3 is 9.64 Å². The molecule has 30 heavy (non-hydrogen) atoms. The maximum atomic E-state index is 13.5. The number of ether oxygens (including phenoxy) is 1. The summed E-state index contributed by atoms with van der Waals surface area (Å²) in [5, 5.41) is 2.73. The minimum Gasteiger partial charge on any atom is -0.376 e. The van der Waals surface area contributed by atoms with Crippen LogP contribution in [0.15, 0.2) is 34.1 Å². The Balaban J connectivity index is 1.53. The number of amides is 2. The topological polar surface area (TPSA) is 62.7 Å². The number of halogens is 1. The molecule has 0 aliphatic carbocycles. The van der Waals surface area contributed by atoms with Gasteiger partial charge >= 0.3 is 0 Å². The zero-order valence-corrected chi connectivity index (χ0v) is 19.5. The maximum absolute atomic E-state index is 13.5. The molecule has 0 N–H and O–H groups in total. The van der Waals surface area contributed by atoms with Crippen molar-refractivity contribution in [3.8, 4) is 11.3 Å². The van der Waals surface area contributed by atoms with Crippen LogP contribution in [0.25, 0.3) is 11.3 Å². The van der Waals surface area contributed by atoms with E-state index >= 15 is 0 Å². The molecular weight excluding hydrogens is 466 g/mol. The summed E-state index contributed by atoms with van der Waals surface area (Å²) in [6.45, 7) is 4.17. The van der Waals surface area contributed by atoms with E-state index < -0.39 is 0 Å². The molecule has 6 nitrogen and oxygen atoms in total. The first kappa shape index (κ1) is 21.5. The largest absolute Gasteiger partial charge is 0.376 e. The van der Waals surface area contributed by atoms with Crippen molar-refractivity contribution in [1.82, 2.24) is 9.88 Å². The van der Waals surface area contributed by atoms with Gasteiger partial charge in [0.05, 0.1) is 18.3 Å². The highest BCUT2D eigenvalue weighted by Gasteiger charge is 2.33. The van der Waals surface area contributed by atoms with E-state index in [1.54, 1.807) is 6.92 Å². The molecule has 3 heterocycles. The molecule has 4 rings (SSSR count). The molecule has 2 saturated heterocycles. The fourth-order valence-corrected chi connectivity index (χ4v) is 5.17. The van der Waals surface area contributed by atoms with Gasteiger partial charge in [-0.2, -0.15) is 0 Å². The quantitative estimate of drug-likeness (QED) is 0.623. The van der Waals surface area contributed by atoms with Gasteiger partial charge in [-0.3, -0.25) is 14.5 Å². The van der Waals surface area contributed by atoms with Gasteiger partial charge in [-0.05, 0) is 37.8 Å². The van der Waals surface area contributed by atoms with E-state index in [-0.39, 0.29) is 23.8 Å². The van der Waals surface area contributed by atoms with Crippen LogP contribution in [0.3, 0.4) is 0 Å². The summed E-state index contributed by atoms with van der Waals surface area (Å²) in [5.74, 6) is 0.101. The lowest BCUT2D eigenvalue weighted by Gasteiger charge is -2.33. The number of hydrogen-bond donors (Lipinski definition) is 0. The second-order valence-electron chi connectivity index (χ2n) is 7.89. The Labute approximate surface area is 189 Å². The Kier molecular flexibility index (Phi) is 6.85. The zero-order valence-electron chi connectivity index (χ0n) is 17.1. The lowest BCUT2D eigenvalue weighted by Crippen LogP contribution is -2.46. The van der Waals surface area contributed by atoms with E-state index in [9.17, 15) is 9.59 Å². The second-order valence-corrected chi connectivity index (χ2v) is 9.64. The summed E-state index contributed by atoms with van der Waals surface area (Å²) in [5.41, 5.74) is 1.90. The fraction of sp³-hybridized carbons (Fsp3) is 0.500. The lowest BCUT2D eigenvalue weighted by molar-refractivity contribution is -0.133. The van der Waals surface area contributed by atoms with E-state index in [0.717, 1.165) is 40.3 Å². The van der Waals surface area contributed by atoms with Gasteiger partial charge in [0.15, 0.2) is 5.13 Å². The summed E-state index contributed by atoms with van der Waals surface area (Å²) in [4.78, 5) is 33.6. The number of anilines is 1. The average Bonchev–Trinajstić information content (AvgIpc) is 3.44. The normalized spacial score (nSPS) is 19.8. The van der Waals surface area contributed by atoms with Crippen LogP contribution in [0.4, 0.5) is 5.13 Å². The maximum Gasteiger partial charge on any atom is 0.232 e. The van der Waals surface area contributed by atoms with E-state index in [1.807, 2.05) is 39.4 Å². The molecule has 0 saturated carbocycles. The van der Waals surface area contributed by atoms with Gasteiger partial charge in [0.25, 0.3) is 0 Å². The fourth-order valence-electron chi connectivity index (χ4n) is 4.06. The third-order valence-electron chi connectivity index (χ3n) is 5.83. The zero-order chi connectivity index (χ0) is 21.1. The van der Waals surface area contributed by atoms with Crippen LogP contribution in [0.2, 0.25) is 0 Å². The van der Waals surface area contributed by atoms with Gasteiger partial charge in [0.1, 0.15) is 0 Å². The number of carbonyl (C=O) groups is 2. The summed E-state index contributed by atoms with van der Waals surface area (Å²) in [6, 6.07) is 8.03. The Morgan fingerprint density at radius 1 is 1.23 bits per heavy atom. The Morgan fingerprint density at radius 2 is 1.97 bits per heavy atom. The number of carbonyl (C=O) groups excluding carboxylic acids is 2. The van der Waals surface area contributed by atoms with Gasteiger partial charge in [-0.1, -0.05) is 28.1 Å². The van der Waals surface area contributed by atoms with E-state index in [4.69, 9.17) is 9.72 Å². The second kappa shape index (κ2) is 9.58. The van der Waals surface area contributed by atoms with Crippen molar-refractivity contribution in [2.24, 2.45) is 5.92 Å². The van der Waals surface area contributed by atoms with Gasteiger partial charge in [-0.25, -0.2) is 4.98 Å². The summed E-state index contributed by atoms with van der Waals surface area (Å²) in [7, 11) is 0. The average molecular weight is 492 g/mol. The Morgan fingerprint density at radius 3 is 2.60 bits per heavy atom. The van der Waals surface area contributed by atoms with Crippen LogP contribution in [-0.2, 0) is 14.3 Å². The number of benzene rings is 1. The first-order valence-corrected chi connectivity index (χ1v) is 12.1. The van der Waals surface area contributed by atoms with Crippen molar-refractivity contribution < 1.29 is 14.3 Å². The van der Waals surface area contributed by atoms with E-state index in [2.05, 4.69) is 15.9 Å². The van der Waals surface area contributed by atoms with Crippen molar-refractivity contribution in [1.29, 1.82) is 0 Å². The highest BCUT2D eigenvalue weighted by atomic mass is 79.9. The molecule has 2 fully saturated rings. The number of aromatic nitrogens is 1. The van der Waals surface area contributed by atoms with Crippen molar-refractivity contribution in [2.75, 3.05) is 31.1 Å². The third-order valence-corrected chi connectivity index (χ3v) is 7.22. The van der Waals surface area contributed by atoms with Gasteiger partial charge in [-0.15, -0.1) is 11.3 Å². The number of rotatable bonds is 5. The molecule has 2 aliphatic heterocycles. The molecule has 0 bridgehead atoms. The summed E-state index contributed by atoms with van der Waals surface area (Å²) in [6.07, 6.45) is 3.46. The molecule has 0 spiro atoms. The van der Waals surface area contributed by atoms with E-state index in [0.29, 0.717) is 32.5 Å². The Bertz CT molecular complexity index is 887. The van der Waals surface area contributed by atoms with Crippen LogP contribution < -0.4 is 4.90 Å².